The van der Waals surface area contributed by atoms with E-state index in [-0.39, 0.29) is 6.04 Å². The van der Waals surface area contributed by atoms with Gasteiger partial charge in [-0.1, -0.05) is 11.6 Å². The topological polar surface area (TPSA) is 53.1 Å². The summed E-state index contributed by atoms with van der Waals surface area (Å²) in [4.78, 5) is 0. The zero-order valence-corrected chi connectivity index (χ0v) is 11.9. The smallest absolute Gasteiger partial charge is 0.0847 e. The van der Waals surface area contributed by atoms with Crippen molar-refractivity contribution in [3.05, 3.63) is 16.4 Å². The van der Waals surface area contributed by atoms with E-state index in [1.807, 2.05) is 18.7 Å². The Morgan fingerprint density at radius 1 is 1.61 bits per heavy atom. The van der Waals surface area contributed by atoms with E-state index < -0.39 is 0 Å². The van der Waals surface area contributed by atoms with Gasteiger partial charge in [0.25, 0.3) is 0 Å². The number of aryl methyl sites for hydroxylation is 2. The number of hydrogen-bond donors (Lipinski definition) is 1. The summed E-state index contributed by atoms with van der Waals surface area (Å²) in [5.41, 5.74) is 8.09. The van der Waals surface area contributed by atoms with Gasteiger partial charge in [0, 0.05) is 26.1 Å². The monoisotopic (exact) mass is 271 g/mol. The second-order valence-corrected chi connectivity index (χ2v) is 5.52. The van der Waals surface area contributed by atoms with Gasteiger partial charge in [-0.15, -0.1) is 0 Å². The van der Waals surface area contributed by atoms with E-state index in [4.69, 9.17) is 22.1 Å². The van der Waals surface area contributed by atoms with Crippen molar-refractivity contribution in [3.8, 4) is 0 Å². The lowest BCUT2D eigenvalue weighted by molar-refractivity contribution is 0.101. The molecule has 2 N–H and O–H groups in total. The third-order valence-electron chi connectivity index (χ3n) is 3.60. The minimum Gasteiger partial charge on any atom is -0.378 e. The quantitative estimate of drug-likeness (QED) is 0.893. The summed E-state index contributed by atoms with van der Waals surface area (Å²) in [5, 5.41) is 5.06. The van der Waals surface area contributed by atoms with E-state index >= 15 is 0 Å². The Labute approximate surface area is 113 Å². The van der Waals surface area contributed by atoms with E-state index in [0.717, 1.165) is 42.3 Å². The SMILES string of the molecule is Cc1nn(C)c(CC(N)CCC2CCCO2)c1Cl. The lowest BCUT2D eigenvalue weighted by atomic mass is 10.0. The molecule has 1 aromatic heterocycles. The van der Waals surface area contributed by atoms with E-state index in [1.165, 1.54) is 12.8 Å². The molecule has 0 aromatic carbocycles. The van der Waals surface area contributed by atoms with Crippen molar-refractivity contribution in [2.45, 2.75) is 51.2 Å². The third kappa shape index (κ3) is 3.25. The van der Waals surface area contributed by atoms with Gasteiger partial charge in [0.05, 0.1) is 22.5 Å². The fourth-order valence-corrected chi connectivity index (χ4v) is 2.76. The lowest BCUT2D eigenvalue weighted by Crippen LogP contribution is -2.25. The summed E-state index contributed by atoms with van der Waals surface area (Å²) in [6, 6.07) is 0.126. The largest absolute Gasteiger partial charge is 0.378 e. The molecule has 4 nitrogen and oxygen atoms in total. The lowest BCUT2D eigenvalue weighted by Gasteiger charge is -2.15. The molecule has 2 rings (SSSR count). The molecule has 5 heteroatoms. The van der Waals surface area contributed by atoms with Gasteiger partial charge >= 0.3 is 0 Å². The van der Waals surface area contributed by atoms with E-state index in [1.54, 1.807) is 0 Å². The van der Waals surface area contributed by atoms with Gasteiger partial charge in [0.1, 0.15) is 0 Å². The molecule has 2 heterocycles. The van der Waals surface area contributed by atoms with Crippen LogP contribution in [0.2, 0.25) is 5.02 Å². The molecule has 0 radical (unpaired) electrons. The van der Waals surface area contributed by atoms with Crippen LogP contribution in [-0.4, -0.2) is 28.5 Å². The summed E-state index contributed by atoms with van der Waals surface area (Å²) in [5.74, 6) is 0. The van der Waals surface area contributed by atoms with Crippen LogP contribution >= 0.6 is 11.6 Å². The number of aromatic nitrogens is 2. The van der Waals surface area contributed by atoms with Gasteiger partial charge in [-0.3, -0.25) is 4.68 Å². The molecule has 0 aliphatic carbocycles. The molecule has 1 saturated heterocycles. The maximum atomic E-state index is 6.22. The number of hydrogen-bond acceptors (Lipinski definition) is 3. The minimum atomic E-state index is 0.126. The van der Waals surface area contributed by atoms with E-state index in [9.17, 15) is 0 Å². The molecule has 102 valence electrons. The molecule has 2 unspecified atom stereocenters. The van der Waals surface area contributed by atoms with Crippen LogP contribution < -0.4 is 5.73 Å². The number of nitrogens with zero attached hydrogens (tertiary/aromatic N) is 2. The van der Waals surface area contributed by atoms with Crippen LogP contribution in [0.3, 0.4) is 0 Å². The molecular formula is C13H22ClN3O. The van der Waals surface area contributed by atoms with Gasteiger partial charge in [0.2, 0.25) is 0 Å². The molecule has 1 aliphatic heterocycles. The first-order valence-electron chi connectivity index (χ1n) is 6.63. The van der Waals surface area contributed by atoms with Gasteiger partial charge < -0.3 is 10.5 Å². The highest BCUT2D eigenvalue weighted by molar-refractivity contribution is 6.31. The van der Waals surface area contributed by atoms with Crippen molar-refractivity contribution in [1.82, 2.24) is 9.78 Å². The predicted molar refractivity (Wildman–Crippen MR) is 72.8 cm³/mol. The van der Waals surface area contributed by atoms with Crippen molar-refractivity contribution in [1.29, 1.82) is 0 Å². The first kappa shape index (κ1) is 13.8. The van der Waals surface area contributed by atoms with Crippen molar-refractivity contribution >= 4 is 11.6 Å². The Kier molecular flexibility index (Phi) is 4.65. The second kappa shape index (κ2) is 6.04. The van der Waals surface area contributed by atoms with Crippen LogP contribution in [0.25, 0.3) is 0 Å². The average Bonchev–Trinajstić information content (AvgIpc) is 2.92. The van der Waals surface area contributed by atoms with Gasteiger partial charge in [-0.05, 0) is 32.6 Å². The van der Waals surface area contributed by atoms with Crippen molar-refractivity contribution in [3.63, 3.8) is 0 Å². The van der Waals surface area contributed by atoms with Crippen LogP contribution in [0.4, 0.5) is 0 Å². The maximum Gasteiger partial charge on any atom is 0.0847 e. The number of nitrogens with two attached hydrogens (primary N) is 1. The summed E-state index contributed by atoms with van der Waals surface area (Å²) < 4.78 is 7.44. The fourth-order valence-electron chi connectivity index (χ4n) is 2.52. The predicted octanol–water partition coefficient (Wildman–Crippen LogP) is 2.21. The van der Waals surface area contributed by atoms with Gasteiger partial charge in [-0.2, -0.15) is 5.10 Å². The second-order valence-electron chi connectivity index (χ2n) is 5.15. The molecule has 1 fully saturated rings. The number of halogens is 1. The highest BCUT2D eigenvalue weighted by atomic mass is 35.5. The highest BCUT2D eigenvalue weighted by Gasteiger charge is 2.18. The molecule has 18 heavy (non-hydrogen) atoms. The number of ether oxygens (including phenoxy) is 1. The number of rotatable bonds is 5. The maximum absolute atomic E-state index is 6.22. The Morgan fingerprint density at radius 3 is 2.94 bits per heavy atom. The zero-order chi connectivity index (χ0) is 13.1. The first-order chi connectivity index (χ1) is 8.58. The molecule has 2 atom stereocenters. The molecular weight excluding hydrogens is 250 g/mol. The minimum absolute atomic E-state index is 0.126. The Balaban J connectivity index is 1.84. The van der Waals surface area contributed by atoms with Crippen molar-refractivity contribution < 1.29 is 4.74 Å². The Morgan fingerprint density at radius 2 is 2.39 bits per heavy atom. The standard InChI is InChI=1S/C13H22ClN3O/c1-9-13(14)12(17(2)16-9)8-10(15)5-6-11-4-3-7-18-11/h10-11H,3-8,15H2,1-2H3. The van der Waals surface area contributed by atoms with Crippen LogP contribution in [0.15, 0.2) is 0 Å². The fraction of sp³-hybridized carbons (Fsp3) is 0.769. The van der Waals surface area contributed by atoms with Gasteiger partial charge in [-0.25, -0.2) is 0 Å². The first-order valence-corrected chi connectivity index (χ1v) is 7.01. The molecule has 0 amide bonds. The van der Waals surface area contributed by atoms with Gasteiger partial charge in [0.15, 0.2) is 0 Å². The molecule has 0 bridgehead atoms. The third-order valence-corrected chi connectivity index (χ3v) is 4.09. The van der Waals surface area contributed by atoms with E-state index in [0.29, 0.717) is 6.10 Å². The molecule has 1 aromatic rings. The van der Waals surface area contributed by atoms with Crippen LogP contribution in [-0.2, 0) is 18.2 Å². The molecule has 0 spiro atoms. The summed E-state index contributed by atoms with van der Waals surface area (Å²) >= 11 is 6.22. The Bertz CT molecular complexity index is 399. The summed E-state index contributed by atoms with van der Waals surface area (Å²) in [6.07, 6.45) is 5.59. The van der Waals surface area contributed by atoms with Crippen LogP contribution in [0.1, 0.15) is 37.1 Å². The Hall–Kier alpha value is -0.580. The van der Waals surface area contributed by atoms with Crippen molar-refractivity contribution in [2.75, 3.05) is 6.61 Å². The van der Waals surface area contributed by atoms with E-state index in [2.05, 4.69) is 5.10 Å². The normalized spacial score (nSPS) is 21.4. The molecule has 0 saturated carbocycles. The summed E-state index contributed by atoms with van der Waals surface area (Å²) in [6.45, 7) is 2.83. The van der Waals surface area contributed by atoms with Crippen LogP contribution in [0.5, 0.6) is 0 Å². The average molecular weight is 272 g/mol. The van der Waals surface area contributed by atoms with Crippen LogP contribution in [0, 0.1) is 6.92 Å². The summed E-state index contributed by atoms with van der Waals surface area (Å²) in [7, 11) is 1.92. The molecule has 1 aliphatic rings. The van der Waals surface area contributed by atoms with Crippen molar-refractivity contribution in [2.24, 2.45) is 12.8 Å². The highest BCUT2D eigenvalue weighted by Crippen LogP contribution is 2.22. The zero-order valence-electron chi connectivity index (χ0n) is 11.2.